The summed E-state index contributed by atoms with van der Waals surface area (Å²) in [4.78, 5) is 25.0. The maximum Gasteiger partial charge on any atom is 0.180 e. The van der Waals surface area contributed by atoms with Crippen molar-refractivity contribution in [1.82, 2.24) is 24.9 Å². The SMILES string of the molecule is c1ccc(-c2nc(-c3ccccc3)nc(-c3ccc4sc5c(-c6nc(-c7ccccc7)nc7c6oc6ccccc67)cccc5c4c3)n2)cc1. The molecule has 0 unspecified atom stereocenters. The molecule has 0 aliphatic carbocycles. The Hall–Kier alpha value is -6.57. The van der Waals surface area contributed by atoms with Crippen molar-refractivity contribution in [3.8, 4) is 56.8 Å². The van der Waals surface area contributed by atoms with Crippen molar-refractivity contribution in [2.45, 2.75) is 0 Å². The van der Waals surface area contributed by atoms with Gasteiger partial charge in [0.1, 0.15) is 16.8 Å². The summed E-state index contributed by atoms with van der Waals surface area (Å²) in [6.45, 7) is 0. The molecule has 4 aromatic heterocycles. The first-order valence-corrected chi connectivity index (χ1v) is 17.2. The fraction of sp³-hybridized carbons (Fsp3) is 0. The summed E-state index contributed by atoms with van der Waals surface area (Å²) in [5.41, 5.74) is 7.83. The molecule has 10 aromatic rings. The molecular formula is C43H25N5OS. The highest BCUT2D eigenvalue weighted by Gasteiger charge is 2.21. The van der Waals surface area contributed by atoms with Crippen LogP contribution in [-0.2, 0) is 0 Å². The Morgan fingerprint density at radius 2 is 0.980 bits per heavy atom. The summed E-state index contributed by atoms with van der Waals surface area (Å²) in [5, 5.41) is 3.23. The van der Waals surface area contributed by atoms with Crippen LogP contribution in [0.15, 0.2) is 156 Å². The lowest BCUT2D eigenvalue weighted by Gasteiger charge is -2.08. The lowest BCUT2D eigenvalue weighted by molar-refractivity contribution is 0.667. The van der Waals surface area contributed by atoms with Crippen LogP contribution in [0.1, 0.15) is 0 Å². The lowest BCUT2D eigenvalue weighted by Crippen LogP contribution is -2.00. The molecule has 0 radical (unpaired) electrons. The zero-order valence-electron chi connectivity index (χ0n) is 26.5. The topological polar surface area (TPSA) is 77.6 Å². The maximum absolute atomic E-state index is 6.48. The number of aromatic nitrogens is 5. The Bertz CT molecular complexity index is 2810. The zero-order valence-corrected chi connectivity index (χ0v) is 27.3. The second-order valence-electron chi connectivity index (χ2n) is 12.1. The smallest absolute Gasteiger partial charge is 0.180 e. The number of furan rings is 1. The minimum Gasteiger partial charge on any atom is -0.452 e. The molecule has 10 rings (SSSR count). The molecule has 7 heteroatoms. The van der Waals surface area contributed by atoms with Gasteiger partial charge in [-0.25, -0.2) is 24.9 Å². The number of thiophene rings is 1. The second-order valence-corrected chi connectivity index (χ2v) is 13.1. The van der Waals surface area contributed by atoms with Crippen LogP contribution in [0.25, 0.3) is 99.1 Å². The van der Waals surface area contributed by atoms with E-state index in [2.05, 4.69) is 42.5 Å². The van der Waals surface area contributed by atoms with Gasteiger partial charge in [0.25, 0.3) is 0 Å². The van der Waals surface area contributed by atoms with Crippen molar-refractivity contribution in [1.29, 1.82) is 0 Å². The number of benzene rings is 6. The van der Waals surface area contributed by atoms with Crippen molar-refractivity contribution < 1.29 is 4.42 Å². The monoisotopic (exact) mass is 659 g/mol. The largest absolute Gasteiger partial charge is 0.452 e. The number of nitrogens with zero attached hydrogens (tertiary/aromatic N) is 5. The minimum atomic E-state index is 0.627. The molecule has 234 valence electrons. The molecule has 0 saturated heterocycles. The van der Waals surface area contributed by atoms with Crippen LogP contribution in [0.3, 0.4) is 0 Å². The first-order chi connectivity index (χ1) is 24.8. The van der Waals surface area contributed by atoms with Gasteiger partial charge in [-0.1, -0.05) is 121 Å². The Morgan fingerprint density at radius 1 is 0.420 bits per heavy atom. The summed E-state index contributed by atoms with van der Waals surface area (Å²) in [6, 6.07) is 51.1. The number of fused-ring (bicyclic) bond motifs is 6. The molecule has 0 atom stereocenters. The highest BCUT2D eigenvalue weighted by Crippen LogP contribution is 2.44. The highest BCUT2D eigenvalue weighted by atomic mass is 32.1. The summed E-state index contributed by atoms with van der Waals surface area (Å²) in [6.07, 6.45) is 0. The molecule has 6 nitrogen and oxygen atoms in total. The van der Waals surface area contributed by atoms with E-state index < -0.39 is 0 Å². The predicted octanol–water partition coefficient (Wildman–Crippen LogP) is 11.3. The van der Waals surface area contributed by atoms with Crippen LogP contribution in [0, 0.1) is 0 Å². The van der Waals surface area contributed by atoms with Gasteiger partial charge in [-0.3, -0.25) is 0 Å². The molecule has 50 heavy (non-hydrogen) atoms. The first kappa shape index (κ1) is 28.4. The zero-order chi connectivity index (χ0) is 33.0. The van der Waals surface area contributed by atoms with Crippen molar-refractivity contribution in [2.24, 2.45) is 0 Å². The first-order valence-electron chi connectivity index (χ1n) is 16.3. The molecule has 0 fully saturated rings. The van der Waals surface area contributed by atoms with Gasteiger partial charge in [-0.05, 0) is 30.3 Å². The van der Waals surface area contributed by atoms with Crippen molar-refractivity contribution in [3.05, 3.63) is 152 Å². The van der Waals surface area contributed by atoms with Gasteiger partial charge in [0.15, 0.2) is 28.9 Å². The van der Waals surface area contributed by atoms with Gasteiger partial charge in [0.05, 0.1) is 0 Å². The van der Waals surface area contributed by atoms with Crippen LogP contribution in [0.5, 0.6) is 0 Å². The fourth-order valence-corrected chi connectivity index (χ4v) is 7.75. The quantitative estimate of drug-likeness (QED) is 0.183. The van der Waals surface area contributed by atoms with Crippen LogP contribution < -0.4 is 0 Å². The maximum atomic E-state index is 6.48. The Balaban J connectivity index is 1.18. The van der Waals surface area contributed by atoms with E-state index in [9.17, 15) is 0 Å². The summed E-state index contributed by atoms with van der Waals surface area (Å²) >= 11 is 1.75. The third-order valence-electron chi connectivity index (χ3n) is 8.96. The molecular weight excluding hydrogens is 635 g/mol. The Morgan fingerprint density at radius 3 is 1.64 bits per heavy atom. The molecule has 0 aliphatic rings. The van der Waals surface area contributed by atoms with Crippen molar-refractivity contribution >= 4 is 53.6 Å². The molecule has 0 N–H and O–H groups in total. The van der Waals surface area contributed by atoms with Crippen LogP contribution in [-0.4, -0.2) is 24.9 Å². The normalized spacial score (nSPS) is 11.6. The van der Waals surface area contributed by atoms with Crippen LogP contribution in [0.4, 0.5) is 0 Å². The summed E-state index contributed by atoms with van der Waals surface area (Å²) in [5.74, 6) is 2.57. The Kier molecular flexibility index (Phi) is 6.57. The van der Waals surface area contributed by atoms with Gasteiger partial charge < -0.3 is 4.42 Å². The van der Waals surface area contributed by atoms with Crippen molar-refractivity contribution in [2.75, 3.05) is 0 Å². The molecule has 0 aliphatic heterocycles. The molecule has 6 aromatic carbocycles. The van der Waals surface area contributed by atoms with E-state index in [1.54, 1.807) is 11.3 Å². The van der Waals surface area contributed by atoms with E-state index in [4.69, 9.17) is 29.3 Å². The number of hydrogen-bond acceptors (Lipinski definition) is 7. The van der Waals surface area contributed by atoms with Crippen LogP contribution >= 0.6 is 11.3 Å². The third kappa shape index (κ3) is 4.75. The van der Waals surface area contributed by atoms with E-state index >= 15 is 0 Å². The second kappa shape index (κ2) is 11.5. The van der Waals surface area contributed by atoms with Gasteiger partial charge in [-0.2, -0.15) is 0 Å². The number of para-hydroxylation sites is 1. The van der Waals surface area contributed by atoms with Gasteiger partial charge in [0.2, 0.25) is 0 Å². The summed E-state index contributed by atoms with van der Waals surface area (Å²) < 4.78 is 8.77. The highest BCUT2D eigenvalue weighted by molar-refractivity contribution is 7.26. The average molecular weight is 660 g/mol. The lowest BCUT2D eigenvalue weighted by atomic mass is 10.0. The van der Waals surface area contributed by atoms with Gasteiger partial charge >= 0.3 is 0 Å². The Labute approximate surface area is 290 Å². The standard InChI is InChI=1S/C43H25N5OS/c1-4-13-26(14-5-1)40-44-36-31-19-10-11-22-34(31)49-38(36)37(45-40)32-21-12-20-30-33-25-29(23-24-35(33)50-39(30)32)43-47-41(27-15-6-2-7-16-27)46-42(48-43)28-17-8-3-9-18-28/h1-25H. The molecule has 0 spiro atoms. The van der Waals surface area contributed by atoms with Gasteiger partial charge in [-0.15, -0.1) is 11.3 Å². The van der Waals surface area contributed by atoms with Gasteiger partial charge in [0, 0.05) is 53.4 Å². The third-order valence-corrected chi connectivity index (χ3v) is 10.2. The van der Waals surface area contributed by atoms with E-state index in [-0.39, 0.29) is 0 Å². The van der Waals surface area contributed by atoms with E-state index in [0.717, 1.165) is 70.2 Å². The molecule has 0 amide bonds. The molecule has 0 bridgehead atoms. The molecule has 4 heterocycles. The minimum absolute atomic E-state index is 0.627. The van der Waals surface area contributed by atoms with E-state index in [1.807, 2.05) is 109 Å². The van der Waals surface area contributed by atoms with Crippen LogP contribution in [0.2, 0.25) is 0 Å². The predicted molar refractivity (Wildman–Crippen MR) is 203 cm³/mol. The van der Waals surface area contributed by atoms with E-state index in [1.165, 1.54) is 0 Å². The average Bonchev–Trinajstić information content (AvgIpc) is 3.77. The number of rotatable bonds is 5. The van der Waals surface area contributed by atoms with Crippen molar-refractivity contribution in [3.63, 3.8) is 0 Å². The van der Waals surface area contributed by atoms with E-state index in [0.29, 0.717) is 28.9 Å². The summed E-state index contributed by atoms with van der Waals surface area (Å²) in [7, 11) is 0. The number of hydrogen-bond donors (Lipinski definition) is 0. The fourth-order valence-electron chi connectivity index (χ4n) is 6.55. The molecule has 0 saturated carbocycles.